The monoisotopic (exact) mass is 222 g/mol. The summed E-state index contributed by atoms with van der Waals surface area (Å²) < 4.78 is 0. The number of hydrogen-bond donors (Lipinski definition) is 1. The lowest BCUT2D eigenvalue weighted by Gasteiger charge is -2.42. The van der Waals surface area contributed by atoms with E-state index in [4.69, 9.17) is 0 Å². The Morgan fingerprint density at radius 3 is 2.69 bits per heavy atom. The number of aliphatic hydroxyl groups is 1. The largest absolute Gasteiger partial charge is 0.392 e. The SMILES string of the molecule is C/C(CO)=C1/CC(C)(C)C[C@H]2C(C)CC[C@H]12. The van der Waals surface area contributed by atoms with Crippen molar-refractivity contribution in [2.75, 3.05) is 6.61 Å². The molecule has 2 aliphatic rings. The average Bonchev–Trinajstić information content (AvgIpc) is 2.57. The van der Waals surface area contributed by atoms with Gasteiger partial charge < -0.3 is 5.11 Å². The van der Waals surface area contributed by atoms with E-state index in [1.54, 1.807) is 5.57 Å². The molecule has 2 rings (SSSR count). The number of fused-ring (bicyclic) bond motifs is 1. The number of aliphatic hydroxyl groups excluding tert-OH is 1. The Kier molecular flexibility index (Phi) is 3.18. The summed E-state index contributed by atoms with van der Waals surface area (Å²) in [6, 6.07) is 0. The third kappa shape index (κ3) is 2.07. The first kappa shape index (κ1) is 12.2. The molecule has 1 unspecified atom stereocenters. The van der Waals surface area contributed by atoms with Crippen LogP contribution in [0, 0.1) is 23.2 Å². The highest BCUT2D eigenvalue weighted by Gasteiger charge is 2.44. The Bertz CT molecular complexity index is 301. The van der Waals surface area contributed by atoms with E-state index >= 15 is 0 Å². The molecule has 0 saturated heterocycles. The van der Waals surface area contributed by atoms with E-state index in [1.807, 2.05) is 0 Å². The molecule has 0 aromatic rings. The maximum absolute atomic E-state index is 9.39. The molecule has 0 aliphatic heterocycles. The van der Waals surface area contributed by atoms with Gasteiger partial charge in [0.25, 0.3) is 0 Å². The number of allylic oxidation sites excluding steroid dienone is 1. The molecule has 2 aliphatic carbocycles. The van der Waals surface area contributed by atoms with Crippen LogP contribution in [0.5, 0.6) is 0 Å². The quantitative estimate of drug-likeness (QED) is 0.669. The smallest absolute Gasteiger partial charge is 0.0641 e. The van der Waals surface area contributed by atoms with Gasteiger partial charge in [-0.05, 0) is 61.3 Å². The molecule has 2 saturated carbocycles. The predicted molar refractivity (Wildman–Crippen MR) is 68.2 cm³/mol. The Hall–Kier alpha value is -0.300. The van der Waals surface area contributed by atoms with E-state index in [2.05, 4.69) is 27.7 Å². The molecule has 1 heteroatoms. The second kappa shape index (κ2) is 4.18. The van der Waals surface area contributed by atoms with Crippen molar-refractivity contribution in [2.45, 2.75) is 53.4 Å². The van der Waals surface area contributed by atoms with Crippen molar-refractivity contribution in [1.29, 1.82) is 0 Å². The van der Waals surface area contributed by atoms with Gasteiger partial charge in [0.2, 0.25) is 0 Å². The Morgan fingerprint density at radius 2 is 2.06 bits per heavy atom. The van der Waals surface area contributed by atoms with Crippen molar-refractivity contribution in [3.63, 3.8) is 0 Å². The van der Waals surface area contributed by atoms with Crippen LogP contribution >= 0.6 is 0 Å². The van der Waals surface area contributed by atoms with Crippen molar-refractivity contribution in [2.24, 2.45) is 23.2 Å². The molecule has 2 fully saturated rings. The van der Waals surface area contributed by atoms with Gasteiger partial charge in [-0.25, -0.2) is 0 Å². The molecular formula is C15H26O. The predicted octanol–water partition coefficient (Wildman–Crippen LogP) is 3.78. The minimum atomic E-state index is 0.253. The van der Waals surface area contributed by atoms with Crippen LogP contribution in [0.1, 0.15) is 53.4 Å². The highest BCUT2D eigenvalue weighted by Crippen LogP contribution is 2.54. The third-order valence-corrected chi connectivity index (χ3v) is 4.87. The maximum Gasteiger partial charge on any atom is 0.0641 e. The van der Waals surface area contributed by atoms with E-state index < -0.39 is 0 Å². The van der Waals surface area contributed by atoms with Gasteiger partial charge in [-0.3, -0.25) is 0 Å². The summed E-state index contributed by atoms with van der Waals surface area (Å²) >= 11 is 0. The zero-order valence-corrected chi connectivity index (χ0v) is 11.2. The highest BCUT2D eigenvalue weighted by atomic mass is 16.3. The lowest BCUT2D eigenvalue weighted by molar-refractivity contribution is 0.161. The van der Waals surface area contributed by atoms with Gasteiger partial charge in [-0.15, -0.1) is 0 Å². The van der Waals surface area contributed by atoms with Crippen LogP contribution in [0.4, 0.5) is 0 Å². The second-order valence-corrected chi connectivity index (χ2v) is 6.83. The molecule has 0 amide bonds. The molecular weight excluding hydrogens is 196 g/mol. The van der Waals surface area contributed by atoms with E-state index in [-0.39, 0.29) is 6.61 Å². The minimum Gasteiger partial charge on any atom is -0.392 e. The zero-order chi connectivity index (χ0) is 11.9. The molecule has 0 radical (unpaired) electrons. The zero-order valence-electron chi connectivity index (χ0n) is 11.2. The second-order valence-electron chi connectivity index (χ2n) is 6.83. The summed E-state index contributed by atoms with van der Waals surface area (Å²) in [5.74, 6) is 2.54. The van der Waals surface area contributed by atoms with E-state index in [1.165, 1.54) is 31.3 Å². The summed E-state index contributed by atoms with van der Waals surface area (Å²) in [5, 5.41) is 9.39. The van der Waals surface area contributed by atoms with Gasteiger partial charge >= 0.3 is 0 Å². The fourth-order valence-corrected chi connectivity index (χ4v) is 3.97. The van der Waals surface area contributed by atoms with Crippen molar-refractivity contribution in [3.8, 4) is 0 Å². The first-order chi connectivity index (χ1) is 7.44. The van der Waals surface area contributed by atoms with Gasteiger partial charge in [-0.2, -0.15) is 0 Å². The molecule has 0 spiro atoms. The van der Waals surface area contributed by atoms with Crippen LogP contribution < -0.4 is 0 Å². The van der Waals surface area contributed by atoms with Crippen LogP contribution in [0.3, 0.4) is 0 Å². The Labute approximate surface area is 99.9 Å². The average molecular weight is 222 g/mol. The fraction of sp³-hybridized carbons (Fsp3) is 0.867. The summed E-state index contributed by atoms with van der Waals surface area (Å²) in [6.07, 6.45) is 5.32. The first-order valence-electron chi connectivity index (χ1n) is 6.74. The summed E-state index contributed by atoms with van der Waals surface area (Å²) in [4.78, 5) is 0. The standard InChI is InChI=1S/C15H26O/c1-10-5-6-12-13(10)7-15(3,4)8-14(12)11(2)9-16/h10,12-13,16H,5-9H2,1-4H3/b14-11+/t10?,12-,13-/m0/s1. The summed E-state index contributed by atoms with van der Waals surface area (Å²) in [5.41, 5.74) is 3.27. The first-order valence-corrected chi connectivity index (χ1v) is 6.74. The van der Waals surface area contributed by atoms with Crippen molar-refractivity contribution >= 4 is 0 Å². The fourth-order valence-electron chi connectivity index (χ4n) is 3.97. The normalized spacial score (nSPS) is 40.7. The minimum absolute atomic E-state index is 0.253. The van der Waals surface area contributed by atoms with Gasteiger partial charge in [0.05, 0.1) is 6.61 Å². The molecule has 92 valence electrons. The third-order valence-electron chi connectivity index (χ3n) is 4.87. The molecule has 0 aromatic heterocycles. The van der Waals surface area contributed by atoms with E-state index in [0.29, 0.717) is 5.41 Å². The molecule has 1 N–H and O–H groups in total. The lowest BCUT2D eigenvalue weighted by atomic mass is 9.63. The van der Waals surface area contributed by atoms with Crippen LogP contribution in [0.15, 0.2) is 11.1 Å². The highest BCUT2D eigenvalue weighted by molar-refractivity contribution is 5.22. The molecule has 16 heavy (non-hydrogen) atoms. The van der Waals surface area contributed by atoms with Gasteiger partial charge in [0, 0.05) is 0 Å². The molecule has 1 nitrogen and oxygen atoms in total. The van der Waals surface area contributed by atoms with Crippen molar-refractivity contribution in [1.82, 2.24) is 0 Å². The van der Waals surface area contributed by atoms with E-state index in [9.17, 15) is 5.11 Å². The molecule has 0 aromatic carbocycles. The number of hydrogen-bond acceptors (Lipinski definition) is 1. The van der Waals surface area contributed by atoms with Gasteiger partial charge in [0.1, 0.15) is 0 Å². The van der Waals surface area contributed by atoms with Crippen LogP contribution in [-0.4, -0.2) is 11.7 Å². The Balaban J connectivity index is 2.32. The summed E-state index contributed by atoms with van der Waals surface area (Å²) in [6.45, 7) is 9.57. The molecule has 0 heterocycles. The van der Waals surface area contributed by atoms with Crippen molar-refractivity contribution < 1.29 is 5.11 Å². The van der Waals surface area contributed by atoms with Crippen LogP contribution in [0.25, 0.3) is 0 Å². The van der Waals surface area contributed by atoms with Crippen molar-refractivity contribution in [3.05, 3.63) is 11.1 Å². The number of rotatable bonds is 1. The van der Waals surface area contributed by atoms with Crippen LogP contribution in [-0.2, 0) is 0 Å². The van der Waals surface area contributed by atoms with Gasteiger partial charge in [0.15, 0.2) is 0 Å². The lowest BCUT2D eigenvalue weighted by Crippen LogP contribution is -2.31. The van der Waals surface area contributed by atoms with E-state index in [0.717, 1.165) is 17.8 Å². The molecule has 0 bridgehead atoms. The summed E-state index contributed by atoms with van der Waals surface area (Å²) in [7, 11) is 0. The topological polar surface area (TPSA) is 20.2 Å². The van der Waals surface area contributed by atoms with Gasteiger partial charge in [-0.1, -0.05) is 26.3 Å². The Morgan fingerprint density at radius 1 is 1.38 bits per heavy atom. The molecule has 3 atom stereocenters. The van der Waals surface area contributed by atoms with Crippen LogP contribution in [0.2, 0.25) is 0 Å². The maximum atomic E-state index is 9.39.